The lowest BCUT2D eigenvalue weighted by Gasteiger charge is -2.40. The van der Waals surface area contributed by atoms with Crippen molar-refractivity contribution in [2.75, 3.05) is 14.2 Å². The number of hydrogen-bond acceptors (Lipinski definition) is 6. The fraction of sp³-hybridized carbons (Fsp3) is 0.370. The van der Waals surface area contributed by atoms with E-state index in [4.69, 9.17) is 9.47 Å². The first kappa shape index (κ1) is 22.9. The molecule has 0 radical (unpaired) electrons. The van der Waals surface area contributed by atoms with Gasteiger partial charge in [0, 0.05) is 11.6 Å². The van der Waals surface area contributed by atoms with E-state index < -0.39 is 24.0 Å². The molecule has 6 nitrogen and oxygen atoms in total. The summed E-state index contributed by atoms with van der Waals surface area (Å²) < 4.78 is 10.2. The van der Waals surface area contributed by atoms with E-state index in [9.17, 15) is 14.4 Å². The van der Waals surface area contributed by atoms with Crippen molar-refractivity contribution in [2.45, 2.75) is 50.2 Å². The van der Waals surface area contributed by atoms with Gasteiger partial charge in [-0.2, -0.15) is 0 Å². The zero-order chi connectivity index (χ0) is 23.4. The summed E-state index contributed by atoms with van der Waals surface area (Å²) in [6.45, 7) is 0. The minimum absolute atomic E-state index is 0.0448. The van der Waals surface area contributed by atoms with Crippen LogP contribution in [-0.2, 0) is 19.1 Å². The largest absolute Gasteiger partial charge is 0.466 e. The Morgan fingerprint density at radius 2 is 1.30 bits per heavy atom. The van der Waals surface area contributed by atoms with Gasteiger partial charge in [-0.3, -0.25) is 9.69 Å². The second-order valence-electron chi connectivity index (χ2n) is 8.50. The van der Waals surface area contributed by atoms with Gasteiger partial charge in [0.15, 0.2) is 5.78 Å². The van der Waals surface area contributed by atoms with Gasteiger partial charge in [-0.05, 0) is 18.4 Å². The normalized spacial score (nSPS) is 21.6. The summed E-state index contributed by atoms with van der Waals surface area (Å²) in [4.78, 5) is 42.3. The molecule has 33 heavy (non-hydrogen) atoms. The number of hydrogen-bond donors (Lipinski definition) is 0. The summed E-state index contributed by atoms with van der Waals surface area (Å²) in [7, 11) is 2.57. The third-order valence-corrected chi connectivity index (χ3v) is 6.66. The molecule has 0 aromatic heterocycles. The van der Waals surface area contributed by atoms with E-state index in [-0.39, 0.29) is 23.0 Å². The van der Waals surface area contributed by atoms with Gasteiger partial charge in [0.05, 0.1) is 31.4 Å². The molecule has 0 spiro atoms. The third kappa shape index (κ3) is 4.35. The van der Waals surface area contributed by atoms with Crippen LogP contribution in [0.5, 0.6) is 0 Å². The highest BCUT2D eigenvalue weighted by molar-refractivity contribution is 6.13. The van der Waals surface area contributed by atoms with Crippen molar-refractivity contribution in [3.8, 4) is 0 Å². The van der Waals surface area contributed by atoms with Gasteiger partial charge < -0.3 is 9.47 Å². The number of Topliss-reactive ketones (excluding diaryl/α,β-unsaturated/α-hetero) is 1. The van der Waals surface area contributed by atoms with Crippen LogP contribution in [-0.4, -0.2) is 48.9 Å². The maximum Gasteiger partial charge on any atom is 0.336 e. The summed E-state index contributed by atoms with van der Waals surface area (Å²) in [6.07, 6.45) is 5.00. The molecule has 0 N–H and O–H groups in total. The first-order valence-electron chi connectivity index (χ1n) is 11.4. The molecule has 1 heterocycles. The van der Waals surface area contributed by atoms with Gasteiger partial charge in [0.1, 0.15) is 6.04 Å². The average molecular weight is 448 g/mol. The molecule has 2 atom stereocenters. The maximum absolute atomic E-state index is 13.9. The molecule has 2 aromatic carbocycles. The molecule has 0 bridgehead atoms. The molecule has 1 saturated carbocycles. The molecule has 1 aliphatic heterocycles. The predicted molar refractivity (Wildman–Crippen MR) is 124 cm³/mol. The number of benzene rings is 2. The van der Waals surface area contributed by atoms with Crippen molar-refractivity contribution in [1.82, 2.24) is 4.90 Å². The highest BCUT2D eigenvalue weighted by atomic mass is 16.5. The molecule has 2 aliphatic rings. The van der Waals surface area contributed by atoms with E-state index in [1.165, 1.54) is 14.2 Å². The zero-order valence-electron chi connectivity index (χ0n) is 19.0. The first-order chi connectivity index (χ1) is 16.1. The van der Waals surface area contributed by atoms with Gasteiger partial charge >= 0.3 is 11.9 Å². The Morgan fingerprint density at radius 1 is 0.758 bits per heavy atom. The Labute approximate surface area is 194 Å². The van der Waals surface area contributed by atoms with Crippen molar-refractivity contribution < 1.29 is 23.9 Å². The van der Waals surface area contributed by atoms with E-state index in [1.807, 2.05) is 36.4 Å². The van der Waals surface area contributed by atoms with E-state index in [0.717, 1.165) is 37.7 Å². The number of carbonyl (C=O) groups is 3. The van der Waals surface area contributed by atoms with Crippen molar-refractivity contribution in [3.63, 3.8) is 0 Å². The molecule has 0 saturated heterocycles. The number of esters is 2. The highest BCUT2D eigenvalue weighted by Gasteiger charge is 2.52. The van der Waals surface area contributed by atoms with Gasteiger partial charge in [0.25, 0.3) is 0 Å². The van der Waals surface area contributed by atoms with Crippen molar-refractivity contribution in [2.24, 2.45) is 0 Å². The fourth-order valence-electron chi connectivity index (χ4n) is 5.21. The van der Waals surface area contributed by atoms with Crippen molar-refractivity contribution in [3.05, 3.63) is 82.9 Å². The minimum atomic E-state index is -0.928. The van der Waals surface area contributed by atoms with Crippen LogP contribution in [0.2, 0.25) is 0 Å². The Kier molecular flexibility index (Phi) is 7.04. The number of ether oxygens (including phenoxy) is 2. The molecule has 1 fully saturated rings. The topological polar surface area (TPSA) is 72.9 Å². The predicted octanol–water partition coefficient (Wildman–Crippen LogP) is 4.27. The average Bonchev–Trinajstić information content (AvgIpc) is 3.25. The first-order valence-corrected chi connectivity index (χ1v) is 11.4. The standard InChI is InChI=1S/C27H29NO5/c1-32-26(30)21-22(27(31)33-2)24(25(29)19-14-8-4-9-15-19)28(20-16-10-5-11-17-20)23(21)18-12-6-3-7-13-18/h3-4,6-9,12-15,20,23-24H,5,10-11,16-17H2,1-2H3/t23-,24+/m1/s1. The lowest BCUT2D eigenvalue weighted by Crippen LogP contribution is -2.48. The van der Waals surface area contributed by atoms with E-state index in [0.29, 0.717) is 5.56 Å². The van der Waals surface area contributed by atoms with Gasteiger partial charge in [-0.15, -0.1) is 0 Å². The highest BCUT2D eigenvalue weighted by Crippen LogP contribution is 2.46. The summed E-state index contributed by atoms with van der Waals surface area (Å²) in [6, 6.07) is 17.0. The zero-order valence-corrected chi connectivity index (χ0v) is 19.0. The Balaban J connectivity index is 1.96. The Hall–Kier alpha value is -3.25. The third-order valence-electron chi connectivity index (χ3n) is 6.66. The molecule has 4 rings (SSSR count). The molecule has 0 amide bonds. The molecule has 2 aromatic rings. The van der Waals surface area contributed by atoms with E-state index >= 15 is 0 Å². The Bertz CT molecular complexity index is 1040. The molecule has 172 valence electrons. The number of rotatable bonds is 6. The summed E-state index contributed by atoms with van der Waals surface area (Å²) in [5, 5.41) is 0. The lowest BCUT2D eigenvalue weighted by molar-refractivity contribution is -0.139. The van der Waals surface area contributed by atoms with Crippen LogP contribution in [0.1, 0.15) is 54.1 Å². The molecular weight excluding hydrogens is 418 g/mol. The van der Waals surface area contributed by atoms with Crippen LogP contribution in [0, 0.1) is 0 Å². The minimum Gasteiger partial charge on any atom is -0.466 e. The van der Waals surface area contributed by atoms with E-state index in [1.54, 1.807) is 24.3 Å². The van der Waals surface area contributed by atoms with Crippen LogP contribution < -0.4 is 0 Å². The van der Waals surface area contributed by atoms with Crippen LogP contribution in [0.3, 0.4) is 0 Å². The Morgan fingerprint density at radius 3 is 1.88 bits per heavy atom. The van der Waals surface area contributed by atoms with Gasteiger partial charge in [-0.1, -0.05) is 79.9 Å². The molecule has 0 unspecified atom stereocenters. The monoisotopic (exact) mass is 447 g/mol. The second kappa shape index (κ2) is 10.1. The number of carbonyl (C=O) groups excluding carboxylic acids is 3. The molecular formula is C27H29NO5. The maximum atomic E-state index is 13.9. The molecule has 1 aliphatic carbocycles. The van der Waals surface area contributed by atoms with E-state index in [2.05, 4.69) is 4.90 Å². The van der Waals surface area contributed by atoms with Crippen molar-refractivity contribution in [1.29, 1.82) is 0 Å². The number of ketones is 1. The van der Waals surface area contributed by atoms with Gasteiger partial charge in [0.2, 0.25) is 0 Å². The van der Waals surface area contributed by atoms with Crippen LogP contribution in [0.4, 0.5) is 0 Å². The summed E-state index contributed by atoms with van der Waals surface area (Å²) in [5.74, 6) is -1.52. The lowest BCUT2D eigenvalue weighted by atomic mass is 9.90. The SMILES string of the molecule is COC(=O)C1=C(C(=O)OC)[C@@H](c2ccccc2)N(C2CCCCC2)[C@@H]1C(=O)c1ccccc1. The summed E-state index contributed by atoms with van der Waals surface area (Å²) >= 11 is 0. The number of nitrogens with zero attached hydrogens (tertiary/aromatic N) is 1. The van der Waals surface area contributed by atoms with Crippen LogP contribution >= 0.6 is 0 Å². The fourth-order valence-corrected chi connectivity index (χ4v) is 5.21. The second-order valence-corrected chi connectivity index (χ2v) is 8.50. The van der Waals surface area contributed by atoms with Crippen LogP contribution in [0.15, 0.2) is 71.8 Å². The molecule has 6 heteroatoms. The van der Waals surface area contributed by atoms with Crippen LogP contribution in [0.25, 0.3) is 0 Å². The summed E-state index contributed by atoms with van der Waals surface area (Å²) in [5.41, 5.74) is 1.60. The van der Waals surface area contributed by atoms with Gasteiger partial charge in [-0.25, -0.2) is 9.59 Å². The smallest absolute Gasteiger partial charge is 0.336 e. The number of methoxy groups -OCH3 is 2. The van der Waals surface area contributed by atoms with Crippen molar-refractivity contribution >= 4 is 17.7 Å². The quantitative estimate of drug-likeness (QED) is 0.486.